The Morgan fingerprint density at radius 3 is 1.89 bits per heavy atom. The highest BCUT2D eigenvalue weighted by Gasteiger charge is 2.54. The fourth-order valence-corrected chi connectivity index (χ4v) is 5.11. The summed E-state index contributed by atoms with van der Waals surface area (Å²) in [6, 6.07) is 2.65. The molecule has 2 aliphatic rings. The van der Waals surface area contributed by atoms with Gasteiger partial charge < -0.3 is 9.64 Å². The largest absolute Gasteiger partial charge is 0.419 e. The average molecular weight is 503 g/mol. The zero-order valence-electron chi connectivity index (χ0n) is 18.5. The number of esters is 1. The summed E-state index contributed by atoms with van der Waals surface area (Å²) in [5.74, 6) is -17.3. The van der Waals surface area contributed by atoms with Gasteiger partial charge in [-0.2, -0.15) is 8.78 Å². The predicted molar refractivity (Wildman–Crippen MR) is 107 cm³/mol. The maximum atomic E-state index is 14.0. The molecule has 0 radical (unpaired) electrons. The van der Waals surface area contributed by atoms with Crippen molar-refractivity contribution in [3.63, 3.8) is 0 Å². The molecule has 0 aromatic heterocycles. The Morgan fingerprint density at radius 1 is 0.829 bits per heavy atom. The molecule has 1 spiro atoms. The second kappa shape index (κ2) is 8.83. The zero-order valence-corrected chi connectivity index (χ0v) is 18.5. The molecule has 4 rings (SSSR count). The van der Waals surface area contributed by atoms with Crippen LogP contribution in [-0.2, 0) is 15.1 Å². The van der Waals surface area contributed by atoms with Gasteiger partial charge in [0.2, 0.25) is 40.7 Å². The van der Waals surface area contributed by atoms with Gasteiger partial charge in [0.15, 0.2) is 0 Å². The summed E-state index contributed by atoms with van der Waals surface area (Å²) in [4.78, 5) is 27.3. The van der Waals surface area contributed by atoms with Crippen molar-refractivity contribution in [2.24, 2.45) is 5.41 Å². The second-order valence-corrected chi connectivity index (χ2v) is 9.18. The van der Waals surface area contributed by atoms with Crippen molar-refractivity contribution in [3.8, 4) is 5.75 Å². The molecule has 0 bridgehead atoms. The second-order valence-electron chi connectivity index (χ2n) is 9.18. The number of hydrogen-bond acceptors (Lipinski definition) is 3. The van der Waals surface area contributed by atoms with Crippen molar-refractivity contribution in [2.75, 3.05) is 6.54 Å². The lowest BCUT2D eigenvalue weighted by atomic mass is 9.69. The molecule has 1 aliphatic carbocycles. The fraction of sp³-hybridized carbons (Fsp3) is 0.417. The first kappa shape index (κ1) is 25.0. The Morgan fingerprint density at radius 2 is 1.34 bits per heavy atom. The maximum absolute atomic E-state index is 14.0. The van der Waals surface area contributed by atoms with Crippen molar-refractivity contribution in [2.45, 2.75) is 51.0 Å². The minimum atomic E-state index is -2.42. The van der Waals surface area contributed by atoms with Crippen molar-refractivity contribution >= 4 is 11.9 Å². The molecule has 2 aromatic rings. The number of hydrogen-bond donors (Lipinski definition) is 0. The van der Waals surface area contributed by atoms with E-state index >= 15 is 0 Å². The van der Waals surface area contributed by atoms with E-state index < -0.39 is 75.8 Å². The van der Waals surface area contributed by atoms with Gasteiger partial charge in [0, 0.05) is 11.5 Å². The minimum absolute atomic E-state index is 0.0419. The van der Waals surface area contributed by atoms with Gasteiger partial charge in [-0.3, -0.25) is 4.79 Å². The van der Waals surface area contributed by atoms with E-state index in [0.717, 1.165) is 29.9 Å². The summed E-state index contributed by atoms with van der Waals surface area (Å²) in [5.41, 5.74) is -2.19. The SMILES string of the molecule is C[C@@]1(c2cc(F)cc(F)c2)CCC2(CCCC2)C(=O)N1CC(=O)Oc1c(F)c(F)c(F)c(F)c1F. The number of benzene rings is 2. The van der Waals surface area contributed by atoms with E-state index in [0.29, 0.717) is 25.3 Å². The molecule has 188 valence electrons. The molecule has 1 atom stereocenters. The van der Waals surface area contributed by atoms with Crippen LogP contribution in [0.25, 0.3) is 0 Å². The third-order valence-electron chi connectivity index (χ3n) is 7.10. The Hall–Kier alpha value is -3.11. The van der Waals surface area contributed by atoms with Crippen molar-refractivity contribution < 1.29 is 45.1 Å². The van der Waals surface area contributed by atoms with Gasteiger partial charge in [0.1, 0.15) is 18.2 Å². The van der Waals surface area contributed by atoms with E-state index in [2.05, 4.69) is 4.74 Å². The van der Waals surface area contributed by atoms with Gasteiger partial charge in [-0.15, -0.1) is 0 Å². The van der Waals surface area contributed by atoms with Crippen LogP contribution in [0.1, 0.15) is 51.0 Å². The van der Waals surface area contributed by atoms with Crippen molar-refractivity contribution in [1.29, 1.82) is 0 Å². The number of likely N-dealkylation sites (tertiary alicyclic amines) is 1. The highest BCUT2D eigenvalue weighted by atomic mass is 19.2. The molecule has 1 saturated heterocycles. The number of rotatable bonds is 4. The van der Waals surface area contributed by atoms with E-state index in [-0.39, 0.29) is 12.0 Å². The maximum Gasteiger partial charge on any atom is 0.331 e. The van der Waals surface area contributed by atoms with E-state index in [1.807, 2.05) is 0 Å². The number of piperidine rings is 1. The lowest BCUT2D eigenvalue weighted by molar-refractivity contribution is -0.162. The van der Waals surface area contributed by atoms with Crippen LogP contribution in [0, 0.1) is 46.1 Å². The molecule has 1 saturated carbocycles. The average Bonchev–Trinajstić information content (AvgIpc) is 3.29. The third-order valence-corrected chi connectivity index (χ3v) is 7.10. The zero-order chi connectivity index (χ0) is 25.7. The fourth-order valence-electron chi connectivity index (χ4n) is 5.11. The molecule has 1 aliphatic heterocycles. The van der Waals surface area contributed by atoms with Crippen LogP contribution in [0.15, 0.2) is 18.2 Å². The molecule has 1 amide bonds. The van der Waals surface area contributed by atoms with Crippen molar-refractivity contribution in [3.05, 3.63) is 64.5 Å². The number of halogens is 7. The van der Waals surface area contributed by atoms with E-state index in [4.69, 9.17) is 0 Å². The Bertz CT molecular complexity index is 1160. The predicted octanol–water partition coefficient (Wildman–Crippen LogP) is 5.66. The molecule has 2 aromatic carbocycles. The summed E-state index contributed by atoms with van der Waals surface area (Å²) < 4.78 is 101. The van der Waals surface area contributed by atoms with E-state index in [1.165, 1.54) is 6.92 Å². The third kappa shape index (κ3) is 4.14. The summed E-state index contributed by atoms with van der Waals surface area (Å²) in [6.45, 7) is 0.529. The van der Waals surface area contributed by atoms with Crippen LogP contribution in [0.3, 0.4) is 0 Å². The molecule has 2 fully saturated rings. The molecule has 0 unspecified atom stereocenters. The Labute approximate surface area is 195 Å². The summed E-state index contributed by atoms with van der Waals surface area (Å²) in [7, 11) is 0. The lowest BCUT2D eigenvalue weighted by Gasteiger charge is -2.51. The molecule has 4 nitrogen and oxygen atoms in total. The monoisotopic (exact) mass is 503 g/mol. The number of nitrogens with zero attached hydrogens (tertiary/aromatic N) is 1. The minimum Gasteiger partial charge on any atom is -0.419 e. The van der Waals surface area contributed by atoms with Gasteiger partial charge in [-0.1, -0.05) is 12.8 Å². The number of ether oxygens (including phenoxy) is 1. The van der Waals surface area contributed by atoms with Crippen LogP contribution < -0.4 is 4.74 Å². The molecule has 11 heteroatoms. The van der Waals surface area contributed by atoms with Gasteiger partial charge in [-0.05, 0) is 50.3 Å². The quantitative estimate of drug-likeness (QED) is 0.178. The van der Waals surface area contributed by atoms with Gasteiger partial charge in [0.25, 0.3) is 0 Å². The van der Waals surface area contributed by atoms with Crippen molar-refractivity contribution in [1.82, 2.24) is 4.90 Å². The van der Waals surface area contributed by atoms with Gasteiger partial charge in [0.05, 0.1) is 5.54 Å². The first-order valence-corrected chi connectivity index (χ1v) is 10.9. The molecule has 1 heterocycles. The van der Waals surface area contributed by atoms with Gasteiger partial charge >= 0.3 is 5.97 Å². The topological polar surface area (TPSA) is 46.6 Å². The number of carbonyl (C=O) groups is 2. The van der Waals surface area contributed by atoms with Crippen LogP contribution in [-0.4, -0.2) is 23.3 Å². The Balaban J connectivity index is 1.71. The van der Waals surface area contributed by atoms with Gasteiger partial charge in [-0.25, -0.2) is 26.7 Å². The summed E-state index contributed by atoms with van der Waals surface area (Å²) in [6.07, 6.45) is 3.12. The Kier molecular flexibility index (Phi) is 6.31. The molecular weight excluding hydrogens is 483 g/mol. The summed E-state index contributed by atoms with van der Waals surface area (Å²) >= 11 is 0. The van der Waals surface area contributed by atoms with E-state index in [1.54, 1.807) is 0 Å². The van der Waals surface area contributed by atoms with Crippen LogP contribution in [0.5, 0.6) is 5.75 Å². The van der Waals surface area contributed by atoms with Crippen LogP contribution >= 0.6 is 0 Å². The van der Waals surface area contributed by atoms with Crippen LogP contribution in [0.2, 0.25) is 0 Å². The highest BCUT2D eigenvalue weighted by molar-refractivity contribution is 5.89. The van der Waals surface area contributed by atoms with E-state index in [9.17, 15) is 40.3 Å². The highest BCUT2D eigenvalue weighted by Crippen LogP contribution is 2.52. The lowest BCUT2D eigenvalue weighted by Crippen LogP contribution is -2.59. The molecular formula is C24H20F7NO3. The number of amides is 1. The van der Waals surface area contributed by atoms with Crippen LogP contribution in [0.4, 0.5) is 30.7 Å². The standard InChI is InChI=1S/C24H20F7NO3/c1-23(12-8-13(25)10-14(26)9-12)6-7-24(4-2-3-5-24)22(34)32(23)11-15(33)35-21-19(30)17(28)16(27)18(29)20(21)31/h8-10H,2-7,11H2,1H3/t23-/m0/s1. The normalized spacial score (nSPS) is 21.6. The summed E-state index contributed by atoms with van der Waals surface area (Å²) in [5, 5.41) is 0. The smallest absolute Gasteiger partial charge is 0.331 e. The number of carbonyl (C=O) groups excluding carboxylic acids is 2. The first-order chi connectivity index (χ1) is 16.4. The first-order valence-electron chi connectivity index (χ1n) is 10.9. The molecule has 35 heavy (non-hydrogen) atoms. The molecule has 0 N–H and O–H groups in total.